The molecule has 0 fully saturated rings. The number of aromatic nitrogens is 3. The first kappa shape index (κ1) is 14.8. The maximum atomic E-state index is 14.1. The number of methoxy groups -OCH3 is 1. The Balaban J connectivity index is 2.11. The quantitative estimate of drug-likeness (QED) is 0.752. The van der Waals surface area contributed by atoms with Gasteiger partial charge in [-0.05, 0) is 24.3 Å². The minimum atomic E-state index is -1.08. The van der Waals surface area contributed by atoms with Crippen molar-refractivity contribution in [3.05, 3.63) is 65.9 Å². The molecule has 0 saturated carbocycles. The predicted octanol–water partition coefficient (Wildman–Crippen LogP) is 2.99. The van der Waals surface area contributed by atoms with Crippen molar-refractivity contribution in [3.8, 4) is 17.0 Å². The summed E-state index contributed by atoms with van der Waals surface area (Å²) < 4.78 is 32.7. The van der Waals surface area contributed by atoms with Gasteiger partial charge >= 0.3 is 0 Å². The van der Waals surface area contributed by atoms with Crippen molar-refractivity contribution in [1.29, 1.82) is 0 Å². The molecular weight excluding hydrogens is 304 g/mol. The number of carbonyl (C=O) groups is 1. The van der Waals surface area contributed by atoms with Crippen molar-refractivity contribution >= 4 is 5.78 Å². The number of nitrogens with zero attached hydrogens (tertiary/aromatic N) is 2. The highest BCUT2D eigenvalue weighted by molar-refractivity contribution is 6.07. The second-order valence-electron chi connectivity index (χ2n) is 4.64. The zero-order chi connectivity index (χ0) is 16.4. The van der Waals surface area contributed by atoms with Crippen LogP contribution >= 0.6 is 0 Å². The van der Waals surface area contributed by atoms with E-state index in [1.807, 2.05) is 0 Å². The van der Waals surface area contributed by atoms with Crippen LogP contribution in [0.15, 0.2) is 42.9 Å². The zero-order valence-corrected chi connectivity index (χ0v) is 12.0. The van der Waals surface area contributed by atoms with Crippen LogP contribution < -0.4 is 4.74 Å². The number of imidazole rings is 1. The molecule has 0 aliphatic rings. The van der Waals surface area contributed by atoms with Gasteiger partial charge in [0.25, 0.3) is 0 Å². The molecule has 3 aromatic rings. The van der Waals surface area contributed by atoms with Gasteiger partial charge in [0.1, 0.15) is 5.75 Å². The smallest absolute Gasteiger partial charge is 0.228 e. The molecule has 0 amide bonds. The Morgan fingerprint density at radius 1 is 1.17 bits per heavy atom. The summed E-state index contributed by atoms with van der Waals surface area (Å²) in [5.74, 6) is -2.22. The fraction of sp³-hybridized carbons (Fsp3) is 0.0625. The van der Waals surface area contributed by atoms with Gasteiger partial charge < -0.3 is 9.72 Å². The van der Waals surface area contributed by atoms with Gasteiger partial charge in [-0.15, -0.1) is 0 Å². The highest BCUT2D eigenvalue weighted by Crippen LogP contribution is 2.33. The largest absolute Gasteiger partial charge is 0.496 e. The summed E-state index contributed by atoms with van der Waals surface area (Å²) in [4.78, 5) is 22.9. The molecular formula is C16H11F2N3O2. The van der Waals surface area contributed by atoms with E-state index in [1.165, 1.54) is 43.9 Å². The van der Waals surface area contributed by atoms with Crippen molar-refractivity contribution in [2.75, 3.05) is 7.11 Å². The summed E-state index contributed by atoms with van der Waals surface area (Å²) in [7, 11) is 1.34. The number of carbonyl (C=O) groups excluding carboxylic acids is 1. The van der Waals surface area contributed by atoms with Crippen LogP contribution in [0.4, 0.5) is 8.78 Å². The van der Waals surface area contributed by atoms with Crippen molar-refractivity contribution < 1.29 is 18.3 Å². The van der Waals surface area contributed by atoms with E-state index in [2.05, 4.69) is 15.0 Å². The summed E-state index contributed by atoms with van der Waals surface area (Å²) >= 11 is 0. The summed E-state index contributed by atoms with van der Waals surface area (Å²) in [6, 6.07) is 5.11. The predicted molar refractivity (Wildman–Crippen MR) is 78.2 cm³/mol. The van der Waals surface area contributed by atoms with Crippen molar-refractivity contribution in [1.82, 2.24) is 15.0 Å². The Labute approximate surface area is 130 Å². The molecule has 0 unspecified atom stereocenters. The SMILES string of the molecule is COc1ccc(F)c(F)c1-c1cc(C(=O)c2ncc[nH]2)ccn1. The third kappa shape index (κ3) is 2.68. The lowest BCUT2D eigenvalue weighted by atomic mass is 10.0. The number of aromatic amines is 1. The monoisotopic (exact) mass is 315 g/mol. The molecule has 5 nitrogen and oxygen atoms in total. The fourth-order valence-electron chi connectivity index (χ4n) is 2.18. The lowest BCUT2D eigenvalue weighted by Crippen LogP contribution is -2.05. The maximum absolute atomic E-state index is 14.1. The number of halogens is 2. The Morgan fingerprint density at radius 3 is 2.70 bits per heavy atom. The molecule has 0 radical (unpaired) electrons. The second kappa shape index (κ2) is 5.96. The molecule has 1 aromatic carbocycles. The van der Waals surface area contributed by atoms with Crippen LogP contribution in [0.5, 0.6) is 5.75 Å². The first-order valence-corrected chi connectivity index (χ1v) is 6.64. The van der Waals surface area contributed by atoms with E-state index < -0.39 is 11.6 Å². The number of benzene rings is 1. The van der Waals surface area contributed by atoms with Crippen LogP contribution in [0, 0.1) is 11.6 Å². The summed E-state index contributed by atoms with van der Waals surface area (Å²) in [5.41, 5.74) is 0.202. The van der Waals surface area contributed by atoms with Gasteiger partial charge in [-0.1, -0.05) is 0 Å². The fourth-order valence-corrected chi connectivity index (χ4v) is 2.18. The van der Waals surface area contributed by atoms with Gasteiger partial charge in [-0.3, -0.25) is 9.78 Å². The van der Waals surface area contributed by atoms with E-state index in [1.54, 1.807) is 0 Å². The van der Waals surface area contributed by atoms with E-state index >= 15 is 0 Å². The molecule has 2 heterocycles. The Hall–Kier alpha value is -3.09. The number of ether oxygens (including phenoxy) is 1. The van der Waals surface area contributed by atoms with E-state index in [0.717, 1.165) is 6.07 Å². The van der Waals surface area contributed by atoms with E-state index in [9.17, 15) is 13.6 Å². The number of pyridine rings is 1. The molecule has 23 heavy (non-hydrogen) atoms. The first-order chi connectivity index (χ1) is 11.1. The van der Waals surface area contributed by atoms with E-state index in [0.29, 0.717) is 0 Å². The van der Waals surface area contributed by atoms with Crippen molar-refractivity contribution in [2.45, 2.75) is 0 Å². The molecule has 0 spiro atoms. The summed E-state index contributed by atoms with van der Waals surface area (Å²) in [6.07, 6.45) is 4.31. The molecule has 1 N–H and O–H groups in total. The van der Waals surface area contributed by atoms with Gasteiger partial charge in [0.2, 0.25) is 5.78 Å². The maximum Gasteiger partial charge on any atom is 0.228 e. The molecule has 0 bridgehead atoms. The number of nitrogens with one attached hydrogen (secondary N) is 1. The Morgan fingerprint density at radius 2 is 2.00 bits per heavy atom. The minimum absolute atomic E-state index is 0.0938. The average Bonchev–Trinajstić information content (AvgIpc) is 3.11. The molecule has 7 heteroatoms. The van der Waals surface area contributed by atoms with Crippen molar-refractivity contribution in [3.63, 3.8) is 0 Å². The molecule has 3 rings (SSSR count). The third-order valence-corrected chi connectivity index (χ3v) is 3.27. The lowest BCUT2D eigenvalue weighted by molar-refractivity contribution is 0.103. The van der Waals surface area contributed by atoms with Crippen molar-refractivity contribution in [2.24, 2.45) is 0 Å². The standard InChI is InChI=1S/C16H11F2N3O2/c1-23-12-3-2-10(17)14(18)13(12)11-8-9(4-5-19-11)15(22)16-20-6-7-21-16/h2-8H,1H3,(H,20,21). The van der Waals surface area contributed by atoms with E-state index in [-0.39, 0.29) is 34.2 Å². The van der Waals surface area contributed by atoms with Gasteiger partial charge in [0.05, 0.1) is 18.4 Å². The molecule has 0 saturated heterocycles. The van der Waals surface area contributed by atoms with Gasteiger partial charge in [0.15, 0.2) is 17.5 Å². The summed E-state index contributed by atoms with van der Waals surface area (Å²) in [6.45, 7) is 0. The molecule has 2 aromatic heterocycles. The normalized spacial score (nSPS) is 10.6. The minimum Gasteiger partial charge on any atom is -0.496 e. The van der Waals surface area contributed by atoms with Gasteiger partial charge in [0, 0.05) is 24.2 Å². The van der Waals surface area contributed by atoms with Crippen LogP contribution in [-0.4, -0.2) is 27.8 Å². The van der Waals surface area contributed by atoms with Crippen LogP contribution in [0.1, 0.15) is 16.2 Å². The van der Waals surface area contributed by atoms with Crippen LogP contribution in [0.2, 0.25) is 0 Å². The van der Waals surface area contributed by atoms with Gasteiger partial charge in [-0.2, -0.15) is 0 Å². The molecule has 0 atom stereocenters. The Bertz CT molecular complexity index is 864. The first-order valence-electron chi connectivity index (χ1n) is 6.64. The second-order valence-corrected chi connectivity index (χ2v) is 4.64. The molecule has 0 aliphatic heterocycles. The number of H-pyrrole nitrogens is 1. The highest BCUT2D eigenvalue weighted by Gasteiger charge is 2.19. The third-order valence-electron chi connectivity index (χ3n) is 3.27. The summed E-state index contributed by atoms with van der Waals surface area (Å²) in [5, 5.41) is 0. The van der Waals surface area contributed by atoms with Gasteiger partial charge in [-0.25, -0.2) is 13.8 Å². The Kier molecular flexibility index (Phi) is 3.84. The highest BCUT2D eigenvalue weighted by atomic mass is 19.2. The average molecular weight is 315 g/mol. The number of hydrogen-bond acceptors (Lipinski definition) is 4. The van der Waals surface area contributed by atoms with Crippen LogP contribution in [0.3, 0.4) is 0 Å². The van der Waals surface area contributed by atoms with Crippen LogP contribution in [-0.2, 0) is 0 Å². The van der Waals surface area contributed by atoms with E-state index in [4.69, 9.17) is 4.74 Å². The zero-order valence-electron chi connectivity index (χ0n) is 12.0. The molecule has 0 aliphatic carbocycles. The van der Waals surface area contributed by atoms with Crippen LogP contribution in [0.25, 0.3) is 11.3 Å². The molecule has 116 valence electrons. The topological polar surface area (TPSA) is 67.9 Å². The lowest BCUT2D eigenvalue weighted by Gasteiger charge is -2.10. The number of ketones is 1. The number of rotatable bonds is 4. The number of hydrogen-bond donors (Lipinski definition) is 1.